The molecule has 0 saturated heterocycles. The van der Waals surface area contributed by atoms with Crippen LogP contribution < -0.4 is 5.32 Å². The van der Waals surface area contributed by atoms with Gasteiger partial charge in [-0.25, -0.2) is 9.78 Å². The normalized spacial score (nSPS) is 10.2. The SMILES string of the molecule is CC(=O)Nc1cccc(-c2nc(C)c(C(=O)O)s2)c1. The van der Waals surface area contributed by atoms with Crippen molar-refractivity contribution in [3.8, 4) is 10.6 Å². The Bertz CT molecular complexity index is 649. The van der Waals surface area contributed by atoms with Crippen LogP contribution in [-0.4, -0.2) is 22.0 Å². The summed E-state index contributed by atoms with van der Waals surface area (Å²) in [6.45, 7) is 3.10. The Hall–Kier alpha value is -2.21. The first-order valence-electron chi connectivity index (χ1n) is 5.56. The van der Waals surface area contributed by atoms with Gasteiger partial charge in [-0.15, -0.1) is 11.3 Å². The Morgan fingerprint density at radius 3 is 2.68 bits per heavy atom. The van der Waals surface area contributed by atoms with Crippen molar-refractivity contribution in [1.82, 2.24) is 4.98 Å². The van der Waals surface area contributed by atoms with Crippen molar-refractivity contribution in [2.75, 3.05) is 5.32 Å². The van der Waals surface area contributed by atoms with Crippen LogP contribution in [0, 0.1) is 6.92 Å². The summed E-state index contributed by atoms with van der Waals surface area (Å²) in [4.78, 5) is 26.5. The number of aromatic carboxylic acids is 1. The monoisotopic (exact) mass is 276 g/mol. The number of amides is 1. The molecular formula is C13H12N2O3S. The molecule has 1 aromatic heterocycles. The second-order valence-electron chi connectivity index (χ2n) is 4.00. The smallest absolute Gasteiger partial charge is 0.347 e. The summed E-state index contributed by atoms with van der Waals surface area (Å²) < 4.78 is 0. The van der Waals surface area contributed by atoms with E-state index in [9.17, 15) is 9.59 Å². The van der Waals surface area contributed by atoms with Crippen LogP contribution in [0.5, 0.6) is 0 Å². The number of hydrogen-bond donors (Lipinski definition) is 2. The lowest BCUT2D eigenvalue weighted by Gasteiger charge is -2.03. The zero-order chi connectivity index (χ0) is 14.0. The number of thiazole rings is 1. The van der Waals surface area contributed by atoms with Crippen molar-refractivity contribution in [2.24, 2.45) is 0 Å². The minimum atomic E-state index is -0.973. The molecule has 1 amide bonds. The molecule has 0 aliphatic heterocycles. The van der Waals surface area contributed by atoms with E-state index >= 15 is 0 Å². The van der Waals surface area contributed by atoms with Crippen molar-refractivity contribution < 1.29 is 14.7 Å². The highest BCUT2D eigenvalue weighted by molar-refractivity contribution is 7.17. The van der Waals surface area contributed by atoms with Gasteiger partial charge in [-0.1, -0.05) is 12.1 Å². The van der Waals surface area contributed by atoms with E-state index < -0.39 is 5.97 Å². The van der Waals surface area contributed by atoms with Gasteiger partial charge in [0.25, 0.3) is 0 Å². The molecule has 6 heteroatoms. The van der Waals surface area contributed by atoms with Gasteiger partial charge in [0.15, 0.2) is 0 Å². The molecule has 0 radical (unpaired) electrons. The van der Waals surface area contributed by atoms with E-state index in [1.165, 1.54) is 6.92 Å². The molecule has 2 aromatic rings. The first kappa shape index (κ1) is 13.2. The van der Waals surface area contributed by atoms with Gasteiger partial charge in [-0.2, -0.15) is 0 Å². The first-order chi connectivity index (χ1) is 8.97. The van der Waals surface area contributed by atoms with E-state index in [1.54, 1.807) is 25.1 Å². The number of aromatic nitrogens is 1. The second-order valence-corrected chi connectivity index (χ2v) is 5.00. The molecule has 0 aliphatic carbocycles. The van der Waals surface area contributed by atoms with E-state index in [1.807, 2.05) is 6.07 Å². The fourth-order valence-electron chi connectivity index (χ4n) is 1.65. The Balaban J connectivity index is 2.39. The third kappa shape index (κ3) is 2.97. The summed E-state index contributed by atoms with van der Waals surface area (Å²) >= 11 is 1.12. The topological polar surface area (TPSA) is 79.3 Å². The minimum Gasteiger partial charge on any atom is -0.477 e. The second kappa shape index (κ2) is 5.19. The van der Waals surface area contributed by atoms with Crippen LogP contribution in [0.25, 0.3) is 10.6 Å². The number of carbonyl (C=O) groups excluding carboxylic acids is 1. The van der Waals surface area contributed by atoms with Gasteiger partial charge in [-0.3, -0.25) is 4.79 Å². The fraction of sp³-hybridized carbons (Fsp3) is 0.154. The van der Waals surface area contributed by atoms with Gasteiger partial charge in [0.2, 0.25) is 5.91 Å². The van der Waals surface area contributed by atoms with Crippen LogP contribution in [0.2, 0.25) is 0 Å². The summed E-state index contributed by atoms with van der Waals surface area (Å²) in [6.07, 6.45) is 0. The van der Waals surface area contributed by atoms with Crippen molar-refractivity contribution in [3.05, 3.63) is 34.8 Å². The maximum absolute atomic E-state index is 11.0. The van der Waals surface area contributed by atoms with E-state index in [0.29, 0.717) is 16.4 Å². The van der Waals surface area contributed by atoms with Crippen molar-refractivity contribution in [3.63, 3.8) is 0 Å². The number of aryl methyl sites for hydroxylation is 1. The molecular weight excluding hydrogens is 264 g/mol. The van der Waals surface area contributed by atoms with Crippen molar-refractivity contribution in [2.45, 2.75) is 13.8 Å². The predicted octanol–water partition coefficient (Wildman–Crippen LogP) is 2.78. The lowest BCUT2D eigenvalue weighted by molar-refractivity contribution is -0.114. The molecule has 0 bridgehead atoms. The van der Waals surface area contributed by atoms with E-state index in [0.717, 1.165) is 16.9 Å². The molecule has 5 nitrogen and oxygen atoms in total. The molecule has 0 aliphatic rings. The number of benzene rings is 1. The Labute approximate surface area is 113 Å². The van der Waals surface area contributed by atoms with Crippen molar-refractivity contribution >= 4 is 28.9 Å². The average Bonchev–Trinajstić information content (AvgIpc) is 2.71. The number of carboxylic acid groups (broad SMARTS) is 1. The van der Waals surface area contributed by atoms with Gasteiger partial charge in [-0.05, 0) is 19.1 Å². The Kier molecular flexibility index (Phi) is 3.62. The first-order valence-corrected chi connectivity index (χ1v) is 6.38. The van der Waals surface area contributed by atoms with Crippen LogP contribution in [0.15, 0.2) is 24.3 Å². The molecule has 1 heterocycles. The molecule has 0 unspecified atom stereocenters. The van der Waals surface area contributed by atoms with E-state index in [-0.39, 0.29) is 10.8 Å². The molecule has 0 atom stereocenters. The Morgan fingerprint density at radius 2 is 2.11 bits per heavy atom. The molecule has 0 fully saturated rings. The van der Waals surface area contributed by atoms with E-state index in [4.69, 9.17) is 5.11 Å². The number of anilines is 1. The van der Waals surface area contributed by atoms with Gasteiger partial charge in [0, 0.05) is 18.2 Å². The van der Waals surface area contributed by atoms with Crippen molar-refractivity contribution in [1.29, 1.82) is 0 Å². The highest BCUT2D eigenvalue weighted by Gasteiger charge is 2.15. The summed E-state index contributed by atoms with van der Waals surface area (Å²) in [5, 5.41) is 12.3. The standard InChI is InChI=1S/C13H12N2O3S/c1-7-11(13(17)18)19-12(14-7)9-4-3-5-10(6-9)15-8(2)16/h3-6H,1-2H3,(H,15,16)(H,17,18). The highest BCUT2D eigenvalue weighted by Crippen LogP contribution is 2.29. The molecule has 1 aromatic carbocycles. The number of carbonyl (C=O) groups is 2. The van der Waals surface area contributed by atoms with Crippen LogP contribution in [0.4, 0.5) is 5.69 Å². The van der Waals surface area contributed by atoms with Gasteiger partial charge >= 0.3 is 5.97 Å². The van der Waals surface area contributed by atoms with Gasteiger partial charge in [0.05, 0.1) is 5.69 Å². The summed E-state index contributed by atoms with van der Waals surface area (Å²) in [6, 6.07) is 7.15. The van der Waals surface area contributed by atoms with Crippen LogP contribution in [0.1, 0.15) is 22.3 Å². The minimum absolute atomic E-state index is 0.154. The summed E-state index contributed by atoms with van der Waals surface area (Å²) in [5.74, 6) is -1.13. The average molecular weight is 276 g/mol. The molecule has 2 N–H and O–H groups in total. The Morgan fingerprint density at radius 1 is 1.37 bits per heavy atom. The number of hydrogen-bond acceptors (Lipinski definition) is 4. The molecule has 0 spiro atoms. The number of nitrogens with one attached hydrogen (secondary N) is 1. The number of nitrogens with zero attached hydrogens (tertiary/aromatic N) is 1. The molecule has 98 valence electrons. The molecule has 2 rings (SSSR count). The maximum atomic E-state index is 11.0. The maximum Gasteiger partial charge on any atom is 0.347 e. The van der Waals surface area contributed by atoms with Gasteiger partial charge < -0.3 is 10.4 Å². The number of rotatable bonds is 3. The van der Waals surface area contributed by atoms with E-state index in [2.05, 4.69) is 10.3 Å². The largest absolute Gasteiger partial charge is 0.477 e. The lowest BCUT2D eigenvalue weighted by atomic mass is 10.2. The third-order valence-electron chi connectivity index (χ3n) is 2.42. The van der Waals surface area contributed by atoms with Crippen LogP contribution in [-0.2, 0) is 4.79 Å². The third-order valence-corrected chi connectivity index (χ3v) is 3.62. The summed E-state index contributed by atoms with van der Waals surface area (Å²) in [7, 11) is 0. The quantitative estimate of drug-likeness (QED) is 0.903. The zero-order valence-electron chi connectivity index (χ0n) is 10.4. The van der Waals surface area contributed by atoms with Crippen LogP contribution in [0.3, 0.4) is 0 Å². The molecule has 0 saturated carbocycles. The fourth-order valence-corrected chi connectivity index (χ4v) is 2.55. The number of carboxylic acids is 1. The molecule has 19 heavy (non-hydrogen) atoms. The predicted molar refractivity (Wildman–Crippen MR) is 73.6 cm³/mol. The summed E-state index contributed by atoms with van der Waals surface area (Å²) in [5.41, 5.74) is 1.94. The van der Waals surface area contributed by atoms with Gasteiger partial charge in [0.1, 0.15) is 9.88 Å². The van der Waals surface area contributed by atoms with Crippen LogP contribution >= 0.6 is 11.3 Å². The zero-order valence-corrected chi connectivity index (χ0v) is 11.2. The lowest BCUT2D eigenvalue weighted by Crippen LogP contribution is -2.05. The highest BCUT2D eigenvalue weighted by atomic mass is 32.1.